The summed E-state index contributed by atoms with van der Waals surface area (Å²) in [6.45, 7) is 3.67. The van der Waals surface area contributed by atoms with Gasteiger partial charge in [-0.15, -0.1) is 5.06 Å². The number of ketones is 1. The van der Waals surface area contributed by atoms with Crippen LogP contribution in [0, 0.1) is 0 Å². The largest absolute Gasteiger partial charge is 0.493 e. The van der Waals surface area contributed by atoms with Crippen LogP contribution in [-0.4, -0.2) is 36.4 Å². The van der Waals surface area contributed by atoms with Crippen LogP contribution in [0.2, 0.25) is 0 Å². The topological polar surface area (TPSA) is 95.0 Å². The van der Waals surface area contributed by atoms with E-state index in [1.807, 2.05) is 31.2 Å². The normalized spacial score (nSPS) is 10.9. The number of rotatable bonds is 10. The molecule has 3 rings (SSSR count). The van der Waals surface area contributed by atoms with E-state index in [0.29, 0.717) is 11.7 Å². The van der Waals surface area contributed by atoms with Crippen LogP contribution in [0.1, 0.15) is 37.0 Å². The van der Waals surface area contributed by atoms with Crippen molar-refractivity contribution >= 4 is 44.3 Å². The van der Waals surface area contributed by atoms with Crippen molar-refractivity contribution in [2.45, 2.75) is 26.7 Å². The Balaban J connectivity index is 1.77. The Morgan fingerprint density at radius 1 is 1.09 bits per heavy atom. The van der Waals surface area contributed by atoms with Crippen molar-refractivity contribution in [3.63, 3.8) is 0 Å². The van der Waals surface area contributed by atoms with Gasteiger partial charge < -0.3 is 14.3 Å². The number of carbonyl (C=O) groups excluding carboxylic acids is 3. The number of hydroxylamine groups is 1. The molecule has 0 aliphatic rings. The molecule has 8 nitrogen and oxygen atoms in total. The van der Waals surface area contributed by atoms with E-state index in [9.17, 15) is 14.4 Å². The second-order valence-corrected chi connectivity index (χ2v) is 7.96. The molecule has 9 heteroatoms. The number of hydrogen-bond donors (Lipinski definition) is 0. The van der Waals surface area contributed by atoms with Crippen LogP contribution >= 0.6 is 11.3 Å². The summed E-state index contributed by atoms with van der Waals surface area (Å²) in [6.07, 6.45) is 3.91. The molecule has 0 N–H and O–H groups in total. The molecular weight excluding hydrogens is 444 g/mol. The van der Waals surface area contributed by atoms with Gasteiger partial charge in [0.15, 0.2) is 17.3 Å². The van der Waals surface area contributed by atoms with Crippen molar-refractivity contribution in [2.24, 2.45) is 0 Å². The summed E-state index contributed by atoms with van der Waals surface area (Å²) in [7, 11) is 1.42. The van der Waals surface area contributed by atoms with Gasteiger partial charge >= 0.3 is 5.97 Å². The molecule has 1 aromatic heterocycles. The Morgan fingerprint density at radius 3 is 2.58 bits per heavy atom. The number of esters is 1. The monoisotopic (exact) mass is 468 g/mol. The van der Waals surface area contributed by atoms with E-state index in [1.165, 1.54) is 43.6 Å². The number of methoxy groups -OCH3 is 1. The summed E-state index contributed by atoms with van der Waals surface area (Å²) in [5.41, 5.74) is 1.03. The van der Waals surface area contributed by atoms with Crippen LogP contribution in [-0.2, 0) is 14.3 Å². The highest BCUT2D eigenvalue weighted by molar-refractivity contribution is 7.22. The van der Waals surface area contributed by atoms with Gasteiger partial charge in [-0.1, -0.05) is 36.8 Å². The van der Waals surface area contributed by atoms with Crippen LogP contribution < -0.4 is 14.6 Å². The van der Waals surface area contributed by atoms with E-state index in [2.05, 4.69) is 4.98 Å². The van der Waals surface area contributed by atoms with Crippen molar-refractivity contribution in [1.82, 2.24) is 4.98 Å². The number of amides is 1. The minimum absolute atomic E-state index is 0.228. The fourth-order valence-electron chi connectivity index (χ4n) is 2.78. The van der Waals surface area contributed by atoms with Crippen molar-refractivity contribution < 1.29 is 28.7 Å². The number of anilines is 1. The number of nitrogens with zero attached hydrogens (tertiary/aromatic N) is 2. The summed E-state index contributed by atoms with van der Waals surface area (Å²) in [5.74, 6) is -0.877. The van der Waals surface area contributed by atoms with E-state index >= 15 is 0 Å². The Bertz CT molecular complexity index is 1150. The number of hydrogen-bond acceptors (Lipinski definition) is 8. The van der Waals surface area contributed by atoms with Crippen LogP contribution in [0.4, 0.5) is 5.13 Å². The smallest absolute Gasteiger partial charge is 0.330 e. The summed E-state index contributed by atoms with van der Waals surface area (Å²) in [6, 6.07) is 12.0. The quantitative estimate of drug-likeness (QED) is 0.139. The van der Waals surface area contributed by atoms with Gasteiger partial charge in [-0.2, -0.15) is 0 Å². The fourth-order valence-corrected chi connectivity index (χ4v) is 3.74. The SMILES string of the molecule is CCCCOC(=O)/C=C/C(=O)c1ccc(ON(C(C)=O)c2nc3ccccc3s2)c(OC)c1. The molecule has 0 saturated carbocycles. The maximum Gasteiger partial charge on any atom is 0.330 e. The fraction of sp³-hybridized carbons (Fsp3) is 0.250. The number of fused-ring (bicyclic) bond motifs is 1. The highest BCUT2D eigenvalue weighted by atomic mass is 32.1. The number of unbranched alkanes of at least 4 members (excludes halogenated alkanes) is 1. The lowest BCUT2D eigenvalue weighted by molar-refractivity contribution is -0.137. The summed E-state index contributed by atoms with van der Waals surface area (Å²) < 4.78 is 11.3. The number of para-hydroxylation sites is 1. The van der Waals surface area contributed by atoms with Crippen LogP contribution in [0.5, 0.6) is 11.5 Å². The number of carbonyl (C=O) groups is 3. The summed E-state index contributed by atoms with van der Waals surface area (Å²) >= 11 is 1.31. The van der Waals surface area contributed by atoms with Crippen molar-refractivity contribution in [1.29, 1.82) is 0 Å². The van der Waals surface area contributed by atoms with Gasteiger partial charge in [0.2, 0.25) is 5.13 Å². The van der Waals surface area contributed by atoms with E-state index in [4.69, 9.17) is 14.3 Å². The predicted molar refractivity (Wildman–Crippen MR) is 126 cm³/mol. The summed E-state index contributed by atoms with van der Waals surface area (Å²) in [5, 5.41) is 1.45. The first-order valence-corrected chi connectivity index (χ1v) is 11.2. The molecule has 0 spiro atoms. The molecule has 0 aliphatic heterocycles. The molecule has 3 aromatic rings. The number of ether oxygens (including phenoxy) is 2. The maximum atomic E-state index is 12.4. The molecule has 1 heterocycles. The molecule has 172 valence electrons. The molecule has 0 unspecified atom stereocenters. The molecule has 0 saturated heterocycles. The molecular formula is C24H24N2O6S. The zero-order valence-corrected chi connectivity index (χ0v) is 19.4. The molecule has 33 heavy (non-hydrogen) atoms. The molecule has 0 radical (unpaired) electrons. The average Bonchev–Trinajstić information content (AvgIpc) is 3.24. The lowest BCUT2D eigenvalue weighted by atomic mass is 10.1. The van der Waals surface area contributed by atoms with E-state index < -0.39 is 11.8 Å². The Kier molecular flexibility index (Phi) is 8.15. The number of benzene rings is 2. The Hall–Kier alpha value is -3.72. The maximum absolute atomic E-state index is 12.4. The third kappa shape index (κ3) is 6.17. The molecule has 2 aromatic carbocycles. The number of aromatic nitrogens is 1. The van der Waals surface area contributed by atoms with E-state index in [0.717, 1.165) is 40.3 Å². The third-order valence-electron chi connectivity index (χ3n) is 4.49. The van der Waals surface area contributed by atoms with Gasteiger partial charge in [0.1, 0.15) is 0 Å². The minimum atomic E-state index is -0.573. The second-order valence-electron chi connectivity index (χ2n) is 6.95. The first-order valence-electron chi connectivity index (χ1n) is 10.3. The van der Waals surface area contributed by atoms with E-state index in [1.54, 1.807) is 0 Å². The Labute approximate surface area is 195 Å². The first kappa shape index (κ1) is 23.9. The first-order chi connectivity index (χ1) is 15.9. The predicted octanol–water partition coefficient (Wildman–Crippen LogP) is 4.73. The van der Waals surface area contributed by atoms with Gasteiger partial charge in [-0.05, 0) is 42.8 Å². The second kappa shape index (κ2) is 11.2. The van der Waals surface area contributed by atoms with Gasteiger partial charge in [0.25, 0.3) is 5.91 Å². The van der Waals surface area contributed by atoms with Gasteiger partial charge in [-0.25, -0.2) is 9.78 Å². The highest BCUT2D eigenvalue weighted by Gasteiger charge is 2.21. The molecule has 1 amide bonds. The minimum Gasteiger partial charge on any atom is -0.493 e. The van der Waals surface area contributed by atoms with Crippen LogP contribution in [0.3, 0.4) is 0 Å². The molecule has 0 bridgehead atoms. The standard InChI is InChI=1S/C24H24N2O6S/c1-4-5-14-31-23(29)13-11-19(28)17-10-12-20(21(15-17)30-3)32-26(16(2)27)24-25-18-8-6-7-9-22(18)33-24/h6-13,15H,4-5,14H2,1-3H3/b13-11+. The molecule has 0 aliphatic carbocycles. The number of allylic oxidation sites excluding steroid dienone is 1. The Morgan fingerprint density at radius 2 is 1.88 bits per heavy atom. The molecule has 0 fully saturated rings. The highest BCUT2D eigenvalue weighted by Crippen LogP contribution is 2.33. The lowest BCUT2D eigenvalue weighted by Gasteiger charge is -2.19. The lowest BCUT2D eigenvalue weighted by Crippen LogP contribution is -2.32. The van der Waals surface area contributed by atoms with Crippen LogP contribution in [0.15, 0.2) is 54.6 Å². The zero-order valence-electron chi connectivity index (χ0n) is 18.6. The van der Waals surface area contributed by atoms with Gasteiger partial charge in [-0.3, -0.25) is 9.59 Å². The summed E-state index contributed by atoms with van der Waals surface area (Å²) in [4.78, 5) is 46.6. The molecule has 0 atom stereocenters. The van der Waals surface area contributed by atoms with Crippen molar-refractivity contribution in [3.8, 4) is 11.5 Å². The van der Waals surface area contributed by atoms with Crippen molar-refractivity contribution in [2.75, 3.05) is 18.8 Å². The van der Waals surface area contributed by atoms with E-state index in [-0.39, 0.29) is 23.0 Å². The van der Waals surface area contributed by atoms with Crippen LogP contribution in [0.25, 0.3) is 10.2 Å². The van der Waals surface area contributed by atoms with Gasteiger partial charge in [0.05, 0.1) is 23.9 Å². The average molecular weight is 469 g/mol. The van der Waals surface area contributed by atoms with Gasteiger partial charge in [0, 0.05) is 18.6 Å². The third-order valence-corrected chi connectivity index (χ3v) is 5.50. The zero-order chi connectivity index (χ0) is 23.8. The van der Waals surface area contributed by atoms with Crippen molar-refractivity contribution in [3.05, 3.63) is 60.2 Å². The number of thiazole rings is 1.